The maximum Gasteiger partial charge on any atom is 0.326 e. The first kappa shape index (κ1) is 9.89. The molecule has 1 fully saturated rings. The van der Waals surface area contributed by atoms with Crippen LogP contribution in [0.5, 0.6) is 0 Å². The first-order valence-corrected chi connectivity index (χ1v) is 4.97. The lowest BCUT2D eigenvalue weighted by molar-refractivity contribution is -0.138. The summed E-state index contributed by atoms with van der Waals surface area (Å²) in [5, 5.41) is 9.01. The van der Waals surface area contributed by atoms with Gasteiger partial charge in [0, 0.05) is 12.2 Å². The lowest BCUT2D eigenvalue weighted by Crippen LogP contribution is -2.41. The third-order valence-electron chi connectivity index (χ3n) is 2.55. The monoisotopic (exact) mass is 207 g/mol. The van der Waals surface area contributed by atoms with Crippen molar-refractivity contribution >= 4 is 11.8 Å². The van der Waals surface area contributed by atoms with Crippen LogP contribution in [-0.2, 0) is 4.79 Å². The summed E-state index contributed by atoms with van der Waals surface area (Å²) in [4.78, 5) is 20.7. The molecule has 5 heteroatoms. The van der Waals surface area contributed by atoms with Gasteiger partial charge in [0.1, 0.15) is 18.2 Å². The molecule has 1 unspecified atom stereocenters. The fraction of sp³-hybridized carbons (Fsp3) is 0.500. The Morgan fingerprint density at radius 1 is 1.67 bits per heavy atom. The van der Waals surface area contributed by atoms with E-state index in [2.05, 4.69) is 9.97 Å². The number of rotatable bonds is 4. The van der Waals surface area contributed by atoms with Gasteiger partial charge in [0.05, 0.1) is 0 Å². The average Bonchev–Trinajstić information content (AvgIpc) is 3.04. The van der Waals surface area contributed by atoms with E-state index in [4.69, 9.17) is 5.11 Å². The number of nitrogens with zero attached hydrogens (tertiary/aromatic N) is 3. The Hall–Kier alpha value is -1.65. The Morgan fingerprint density at radius 3 is 2.87 bits per heavy atom. The number of anilines is 1. The van der Waals surface area contributed by atoms with E-state index in [0.29, 0.717) is 11.9 Å². The van der Waals surface area contributed by atoms with Gasteiger partial charge in [0.15, 0.2) is 0 Å². The zero-order chi connectivity index (χ0) is 10.8. The predicted octanol–water partition coefficient (Wildman–Crippen LogP) is 0.919. The molecule has 1 aromatic heterocycles. The van der Waals surface area contributed by atoms with Crippen LogP contribution in [-0.4, -0.2) is 33.1 Å². The van der Waals surface area contributed by atoms with Crippen LogP contribution < -0.4 is 4.90 Å². The summed E-state index contributed by atoms with van der Waals surface area (Å²) in [5.41, 5.74) is 0. The maximum atomic E-state index is 11.0. The van der Waals surface area contributed by atoms with Gasteiger partial charge in [-0.15, -0.1) is 0 Å². The molecule has 0 bridgehead atoms. The number of aliphatic carboxylic acids is 1. The number of carboxylic acids is 1. The van der Waals surface area contributed by atoms with Crippen LogP contribution in [0.25, 0.3) is 0 Å². The van der Waals surface area contributed by atoms with Crippen LogP contribution in [0.4, 0.5) is 5.82 Å². The molecule has 2 rings (SSSR count). The van der Waals surface area contributed by atoms with Gasteiger partial charge in [-0.05, 0) is 25.8 Å². The molecular formula is C10H13N3O2. The minimum absolute atomic E-state index is 0.325. The number of carboxylic acid groups (broad SMARTS) is 1. The third-order valence-corrected chi connectivity index (χ3v) is 2.55. The topological polar surface area (TPSA) is 66.3 Å². The van der Waals surface area contributed by atoms with Crippen LogP contribution >= 0.6 is 0 Å². The number of aromatic nitrogens is 2. The molecule has 5 nitrogen and oxygen atoms in total. The molecule has 1 N–H and O–H groups in total. The molecule has 1 aliphatic rings. The summed E-state index contributed by atoms with van der Waals surface area (Å²) in [6, 6.07) is 1.54. The fourth-order valence-electron chi connectivity index (χ4n) is 1.61. The van der Waals surface area contributed by atoms with Gasteiger partial charge in [-0.3, -0.25) is 0 Å². The van der Waals surface area contributed by atoms with Gasteiger partial charge in [-0.1, -0.05) is 0 Å². The highest BCUT2D eigenvalue weighted by Gasteiger charge is 2.35. The van der Waals surface area contributed by atoms with E-state index >= 15 is 0 Å². The number of hydrogen-bond acceptors (Lipinski definition) is 4. The number of hydrogen-bond donors (Lipinski definition) is 1. The van der Waals surface area contributed by atoms with E-state index in [9.17, 15) is 4.79 Å². The van der Waals surface area contributed by atoms with Crippen molar-refractivity contribution in [2.75, 3.05) is 4.90 Å². The van der Waals surface area contributed by atoms with Crippen molar-refractivity contribution in [3.8, 4) is 0 Å². The van der Waals surface area contributed by atoms with E-state index in [-0.39, 0.29) is 0 Å². The van der Waals surface area contributed by atoms with Crippen LogP contribution in [0.15, 0.2) is 18.6 Å². The summed E-state index contributed by atoms with van der Waals surface area (Å²) in [5.74, 6) is -0.122. The van der Waals surface area contributed by atoms with Gasteiger partial charge in [-0.25, -0.2) is 14.8 Å². The Balaban J connectivity index is 2.24. The molecule has 1 saturated carbocycles. The molecule has 1 aromatic rings. The van der Waals surface area contributed by atoms with E-state index in [1.165, 1.54) is 6.33 Å². The molecule has 1 atom stereocenters. The standard InChI is InChI=1S/C10H13N3O2/c1-7(10(14)15)13(8-2-3-8)9-4-5-11-6-12-9/h4-8H,2-3H2,1H3,(H,14,15). The molecule has 1 heterocycles. The molecule has 0 radical (unpaired) electrons. The Bertz CT molecular complexity index is 351. The predicted molar refractivity (Wildman–Crippen MR) is 54.6 cm³/mol. The third kappa shape index (κ3) is 2.06. The Morgan fingerprint density at radius 2 is 2.40 bits per heavy atom. The molecule has 0 amide bonds. The minimum Gasteiger partial charge on any atom is -0.480 e. The molecule has 0 aromatic carbocycles. The van der Waals surface area contributed by atoms with E-state index in [1.54, 1.807) is 19.2 Å². The average molecular weight is 207 g/mol. The van der Waals surface area contributed by atoms with E-state index < -0.39 is 12.0 Å². The lowest BCUT2D eigenvalue weighted by Gasteiger charge is -2.27. The zero-order valence-electron chi connectivity index (χ0n) is 8.50. The van der Waals surface area contributed by atoms with Crippen molar-refractivity contribution in [3.63, 3.8) is 0 Å². The smallest absolute Gasteiger partial charge is 0.326 e. The maximum absolute atomic E-state index is 11.0. The van der Waals surface area contributed by atoms with E-state index in [0.717, 1.165) is 12.8 Å². The summed E-state index contributed by atoms with van der Waals surface area (Å²) in [6.45, 7) is 1.68. The van der Waals surface area contributed by atoms with Gasteiger partial charge in [-0.2, -0.15) is 0 Å². The highest BCUT2D eigenvalue weighted by molar-refractivity contribution is 5.77. The van der Waals surface area contributed by atoms with Crippen LogP contribution in [0.2, 0.25) is 0 Å². The second kappa shape index (κ2) is 3.84. The molecule has 15 heavy (non-hydrogen) atoms. The molecule has 1 aliphatic carbocycles. The first-order chi connectivity index (χ1) is 7.20. The summed E-state index contributed by atoms with van der Waals surface area (Å²) < 4.78 is 0. The van der Waals surface area contributed by atoms with Crippen LogP contribution in [0, 0.1) is 0 Å². The van der Waals surface area contributed by atoms with Crippen molar-refractivity contribution in [1.29, 1.82) is 0 Å². The van der Waals surface area contributed by atoms with Gasteiger partial charge < -0.3 is 10.0 Å². The highest BCUT2D eigenvalue weighted by atomic mass is 16.4. The molecule has 0 spiro atoms. The largest absolute Gasteiger partial charge is 0.480 e. The van der Waals surface area contributed by atoms with Crippen molar-refractivity contribution in [1.82, 2.24) is 9.97 Å². The van der Waals surface area contributed by atoms with Crippen LogP contribution in [0.3, 0.4) is 0 Å². The summed E-state index contributed by atoms with van der Waals surface area (Å²) in [7, 11) is 0. The quantitative estimate of drug-likeness (QED) is 0.795. The van der Waals surface area contributed by atoms with Crippen LogP contribution in [0.1, 0.15) is 19.8 Å². The second-order valence-electron chi connectivity index (χ2n) is 3.72. The van der Waals surface area contributed by atoms with E-state index in [1.807, 2.05) is 4.90 Å². The molecule has 80 valence electrons. The second-order valence-corrected chi connectivity index (χ2v) is 3.72. The minimum atomic E-state index is -0.819. The molecule has 0 saturated heterocycles. The Labute approximate surface area is 87.8 Å². The van der Waals surface area contributed by atoms with Gasteiger partial charge >= 0.3 is 5.97 Å². The molecule has 0 aliphatic heterocycles. The first-order valence-electron chi connectivity index (χ1n) is 4.97. The normalized spacial score (nSPS) is 17.1. The zero-order valence-corrected chi connectivity index (χ0v) is 8.50. The van der Waals surface area contributed by atoms with Crippen molar-refractivity contribution in [3.05, 3.63) is 18.6 Å². The molecular weight excluding hydrogens is 194 g/mol. The van der Waals surface area contributed by atoms with Gasteiger partial charge in [0.25, 0.3) is 0 Å². The van der Waals surface area contributed by atoms with Crippen molar-refractivity contribution in [2.24, 2.45) is 0 Å². The van der Waals surface area contributed by atoms with Crippen molar-refractivity contribution < 1.29 is 9.90 Å². The van der Waals surface area contributed by atoms with Gasteiger partial charge in [0.2, 0.25) is 0 Å². The Kier molecular flexibility index (Phi) is 2.53. The number of carbonyl (C=O) groups is 1. The fourth-order valence-corrected chi connectivity index (χ4v) is 1.61. The highest BCUT2D eigenvalue weighted by Crippen LogP contribution is 2.32. The SMILES string of the molecule is CC(C(=O)O)N(c1ccncn1)C1CC1. The van der Waals surface area contributed by atoms with Crippen molar-refractivity contribution in [2.45, 2.75) is 31.8 Å². The summed E-state index contributed by atoms with van der Waals surface area (Å²) in [6.07, 6.45) is 5.16. The lowest BCUT2D eigenvalue weighted by atomic mass is 10.2. The summed E-state index contributed by atoms with van der Waals surface area (Å²) >= 11 is 0.